The lowest BCUT2D eigenvalue weighted by Gasteiger charge is -2.26. The van der Waals surface area contributed by atoms with E-state index in [4.69, 9.17) is 21.7 Å². The number of thiocarbonyl (C=S) groups is 1. The first-order valence-corrected chi connectivity index (χ1v) is 11.3. The van der Waals surface area contributed by atoms with E-state index in [9.17, 15) is 9.59 Å². The van der Waals surface area contributed by atoms with Crippen molar-refractivity contribution in [3.63, 3.8) is 0 Å². The number of amides is 2. The number of rotatable bonds is 9. The predicted molar refractivity (Wildman–Crippen MR) is 122 cm³/mol. The zero-order valence-electron chi connectivity index (χ0n) is 17.1. The van der Waals surface area contributed by atoms with Gasteiger partial charge in [0.15, 0.2) is 0 Å². The molecule has 9 heteroatoms. The van der Waals surface area contributed by atoms with E-state index in [0.29, 0.717) is 22.3 Å². The second-order valence-electron chi connectivity index (χ2n) is 7.01. The van der Waals surface area contributed by atoms with Crippen LogP contribution >= 0.6 is 24.0 Å². The summed E-state index contributed by atoms with van der Waals surface area (Å²) < 4.78 is 11.0. The summed E-state index contributed by atoms with van der Waals surface area (Å²) in [6.45, 7) is 5.34. The van der Waals surface area contributed by atoms with Crippen LogP contribution < -0.4 is 10.1 Å². The largest absolute Gasteiger partial charge is 0.497 e. The Hall–Kier alpha value is -1.94. The van der Waals surface area contributed by atoms with Gasteiger partial charge in [-0.1, -0.05) is 36.1 Å². The molecule has 162 valence electrons. The minimum Gasteiger partial charge on any atom is -0.497 e. The van der Waals surface area contributed by atoms with Crippen LogP contribution in [0.1, 0.15) is 18.4 Å². The number of morpholine rings is 1. The summed E-state index contributed by atoms with van der Waals surface area (Å²) in [6.07, 6.45) is 2.95. The van der Waals surface area contributed by atoms with Gasteiger partial charge in [0.25, 0.3) is 5.91 Å². The van der Waals surface area contributed by atoms with E-state index in [-0.39, 0.29) is 18.2 Å². The number of hydrogen-bond donors (Lipinski definition) is 1. The molecule has 2 aliphatic heterocycles. The zero-order chi connectivity index (χ0) is 21.3. The van der Waals surface area contributed by atoms with Crippen molar-refractivity contribution in [3.05, 3.63) is 34.7 Å². The molecule has 2 saturated heterocycles. The Balaban J connectivity index is 1.41. The lowest BCUT2D eigenvalue weighted by Crippen LogP contribution is -2.38. The third-order valence-electron chi connectivity index (χ3n) is 4.93. The number of carbonyl (C=O) groups is 2. The lowest BCUT2D eigenvalue weighted by atomic mass is 10.2. The van der Waals surface area contributed by atoms with Crippen LogP contribution in [0.25, 0.3) is 6.08 Å². The fourth-order valence-electron chi connectivity index (χ4n) is 3.20. The zero-order valence-corrected chi connectivity index (χ0v) is 18.7. The van der Waals surface area contributed by atoms with Gasteiger partial charge in [0.05, 0.1) is 25.2 Å². The van der Waals surface area contributed by atoms with Gasteiger partial charge in [0.2, 0.25) is 5.91 Å². The molecule has 2 aliphatic rings. The number of nitrogens with one attached hydrogen (secondary N) is 1. The minimum absolute atomic E-state index is 0.0647. The first-order chi connectivity index (χ1) is 14.6. The predicted octanol–water partition coefficient (Wildman–Crippen LogP) is 2.12. The number of carbonyl (C=O) groups excluding carboxylic acids is 2. The third kappa shape index (κ3) is 6.53. The highest BCUT2D eigenvalue weighted by Gasteiger charge is 2.32. The molecule has 1 aromatic carbocycles. The Labute approximate surface area is 186 Å². The number of hydrogen-bond acceptors (Lipinski definition) is 7. The van der Waals surface area contributed by atoms with Crippen LogP contribution in [-0.4, -0.2) is 79.0 Å². The van der Waals surface area contributed by atoms with E-state index in [0.717, 1.165) is 50.6 Å². The Morgan fingerprint density at radius 2 is 2.00 bits per heavy atom. The molecule has 2 amide bonds. The van der Waals surface area contributed by atoms with Gasteiger partial charge in [0, 0.05) is 32.6 Å². The molecular formula is C21H27N3O4S2. The molecule has 2 fully saturated rings. The highest BCUT2D eigenvalue weighted by molar-refractivity contribution is 8.26. The van der Waals surface area contributed by atoms with Crippen molar-refractivity contribution in [1.82, 2.24) is 15.1 Å². The van der Waals surface area contributed by atoms with Gasteiger partial charge in [-0.05, 0) is 36.7 Å². The van der Waals surface area contributed by atoms with E-state index in [1.165, 1.54) is 16.7 Å². The normalized spacial score (nSPS) is 18.8. The van der Waals surface area contributed by atoms with Crippen molar-refractivity contribution >= 4 is 46.2 Å². The number of ether oxygens (including phenoxy) is 2. The topological polar surface area (TPSA) is 71.1 Å². The molecule has 1 aromatic rings. The summed E-state index contributed by atoms with van der Waals surface area (Å²) in [5.41, 5.74) is 0.898. The van der Waals surface area contributed by atoms with Crippen LogP contribution in [0.15, 0.2) is 29.2 Å². The first kappa shape index (κ1) is 22.7. The maximum absolute atomic E-state index is 12.7. The Bertz CT molecular complexity index is 792. The van der Waals surface area contributed by atoms with Crippen molar-refractivity contribution in [2.75, 3.05) is 53.0 Å². The summed E-state index contributed by atoms with van der Waals surface area (Å²) in [5.74, 6) is 0.543. The summed E-state index contributed by atoms with van der Waals surface area (Å²) in [4.78, 5) is 29.2. The average molecular weight is 450 g/mol. The highest BCUT2D eigenvalue weighted by atomic mass is 32.2. The quantitative estimate of drug-likeness (QED) is 0.352. The number of methoxy groups -OCH3 is 1. The standard InChI is InChI=1S/C21H27N3O4S2/c1-27-17-5-3-16(4-6-17)15-18-20(26)24(21(29)30-18)10-7-19(25)22-8-2-9-23-11-13-28-14-12-23/h3-6,15H,2,7-14H2,1H3,(H,22,25)/b18-15-. The average Bonchev–Trinajstić information content (AvgIpc) is 3.03. The lowest BCUT2D eigenvalue weighted by molar-refractivity contribution is -0.123. The Morgan fingerprint density at radius 1 is 1.27 bits per heavy atom. The molecule has 0 aromatic heterocycles. The molecule has 0 radical (unpaired) electrons. The van der Waals surface area contributed by atoms with E-state index in [1.807, 2.05) is 30.3 Å². The van der Waals surface area contributed by atoms with Crippen LogP contribution in [0.4, 0.5) is 0 Å². The van der Waals surface area contributed by atoms with E-state index in [2.05, 4.69) is 10.2 Å². The van der Waals surface area contributed by atoms with Crippen molar-refractivity contribution in [1.29, 1.82) is 0 Å². The van der Waals surface area contributed by atoms with Gasteiger partial charge in [-0.25, -0.2) is 0 Å². The van der Waals surface area contributed by atoms with Gasteiger partial charge in [-0.15, -0.1) is 0 Å². The Morgan fingerprint density at radius 3 is 2.70 bits per heavy atom. The fraction of sp³-hybridized carbons (Fsp3) is 0.476. The summed E-state index contributed by atoms with van der Waals surface area (Å²) in [7, 11) is 1.61. The van der Waals surface area contributed by atoms with Gasteiger partial charge in [-0.2, -0.15) is 0 Å². The van der Waals surface area contributed by atoms with Crippen LogP contribution in [0.3, 0.4) is 0 Å². The highest BCUT2D eigenvalue weighted by Crippen LogP contribution is 2.32. The van der Waals surface area contributed by atoms with Crippen LogP contribution in [-0.2, 0) is 14.3 Å². The van der Waals surface area contributed by atoms with Crippen molar-refractivity contribution in [2.24, 2.45) is 0 Å². The number of benzene rings is 1. The molecule has 0 atom stereocenters. The summed E-state index contributed by atoms with van der Waals surface area (Å²) >= 11 is 6.61. The van der Waals surface area contributed by atoms with E-state index < -0.39 is 0 Å². The molecular weight excluding hydrogens is 422 g/mol. The number of nitrogens with zero attached hydrogens (tertiary/aromatic N) is 2. The van der Waals surface area contributed by atoms with Crippen molar-refractivity contribution < 1.29 is 19.1 Å². The summed E-state index contributed by atoms with van der Waals surface area (Å²) in [6, 6.07) is 7.46. The molecule has 30 heavy (non-hydrogen) atoms. The fourth-order valence-corrected chi connectivity index (χ4v) is 4.51. The molecule has 7 nitrogen and oxygen atoms in total. The molecule has 0 spiro atoms. The van der Waals surface area contributed by atoms with E-state index >= 15 is 0 Å². The molecule has 0 aliphatic carbocycles. The second-order valence-corrected chi connectivity index (χ2v) is 8.69. The van der Waals surface area contributed by atoms with Crippen molar-refractivity contribution in [3.8, 4) is 5.75 Å². The molecule has 0 unspecified atom stereocenters. The maximum Gasteiger partial charge on any atom is 0.266 e. The molecule has 2 heterocycles. The van der Waals surface area contributed by atoms with Gasteiger partial charge >= 0.3 is 0 Å². The molecule has 0 saturated carbocycles. The maximum atomic E-state index is 12.7. The van der Waals surface area contributed by atoms with Gasteiger partial charge in [-0.3, -0.25) is 19.4 Å². The van der Waals surface area contributed by atoms with Crippen LogP contribution in [0.2, 0.25) is 0 Å². The van der Waals surface area contributed by atoms with Gasteiger partial charge in [0.1, 0.15) is 10.1 Å². The molecule has 3 rings (SSSR count). The second kappa shape index (κ2) is 11.5. The Kier molecular flexibility index (Phi) is 8.68. The molecule has 0 bridgehead atoms. The first-order valence-electron chi connectivity index (χ1n) is 10.0. The van der Waals surface area contributed by atoms with Crippen LogP contribution in [0.5, 0.6) is 5.75 Å². The third-order valence-corrected chi connectivity index (χ3v) is 6.30. The monoisotopic (exact) mass is 449 g/mol. The summed E-state index contributed by atoms with van der Waals surface area (Å²) in [5, 5.41) is 2.93. The van der Waals surface area contributed by atoms with Gasteiger partial charge < -0.3 is 14.8 Å². The van der Waals surface area contributed by atoms with Crippen LogP contribution in [0, 0.1) is 0 Å². The molecule has 1 N–H and O–H groups in total. The van der Waals surface area contributed by atoms with Crippen molar-refractivity contribution in [2.45, 2.75) is 12.8 Å². The smallest absolute Gasteiger partial charge is 0.266 e. The SMILES string of the molecule is COc1ccc(/C=C2\SC(=S)N(CCC(=O)NCCCN3CCOCC3)C2=O)cc1. The van der Waals surface area contributed by atoms with E-state index in [1.54, 1.807) is 7.11 Å². The minimum atomic E-state index is -0.152. The number of thioether (sulfide) groups is 1.